The monoisotopic (exact) mass is 312 g/mol. The predicted octanol–water partition coefficient (Wildman–Crippen LogP) is 4.05. The van der Waals surface area contributed by atoms with Gasteiger partial charge in [-0.25, -0.2) is 4.79 Å². The zero-order chi connectivity index (χ0) is 16.9. The number of rotatable bonds is 6. The molecule has 1 rings (SSSR count). The average molecular weight is 312 g/mol. The zero-order valence-electron chi connectivity index (χ0n) is 15.6. The van der Waals surface area contributed by atoms with Crippen LogP contribution in [0.4, 0.5) is 4.79 Å². The van der Waals surface area contributed by atoms with E-state index in [1.165, 1.54) is 0 Å². The molecule has 0 aromatic rings. The molecule has 1 N–H and O–H groups in total. The fourth-order valence-corrected chi connectivity index (χ4v) is 2.76. The SMILES string of the molecule is CC(CC1CCCN1C(=O)OC(C)(C)C)NCC(C)C(C)C. The summed E-state index contributed by atoms with van der Waals surface area (Å²) in [6.07, 6.45) is 3.02. The van der Waals surface area contributed by atoms with E-state index >= 15 is 0 Å². The van der Waals surface area contributed by atoms with Crippen LogP contribution < -0.4 is 5.32 Å². The first-order valence-corrected chi connectivity index (χ1v) is 8.83. The molecule has 22 heavy (non-hydrogen) atoms. The van der Waals surface area contributed by atoms with Crippen LogP contribution in [0.1, 0.15) is 67.7 Å². The number of nitrogens with zero attached hydrogens (tertiary/aromatic N) is 1. The summed E-state index contributed by atoms with van der Waals surface area (Å²) in [5.41, 5.74) is -0.416. The van der Waals surface area contributed by atoms with Gasteiger partial charge in [0, 0.05) is 18.6 Å². The summed E-state index contributed by atoms with van der Waals surface area (Å²) in [5, 5.41) is 3.62. The molecule has 130 valence electrons. The highest BCUT2D eigenvalue weighted by Gasteiger charge is 2.32. The van der Waals surface area contributed by atoms with Crippen molar-refractivity contribution in [3.63, 3.8) is 0 Å². The van der Waals surface area contributed by atoms with Crippen molar-refractivity contribution in [3.05, 3.63) is 0 Å². The standard InChI is InChI=1S/C18H36N2O2/c1-13(2)14(3)12-19-15(4)11-16-9-8-10-20(16)17(21)22-18(5,6)7/h13-16,19H,8-12H2,1-7H3. The molecule has 0 spiro atoms. The van der Waals surface area contributed by atoms with Gasteiger partial charge in [-0.05, 0) is 65.3 Å². The molecule has 1 amide bonds. The molecule has 1 heterocycles. The lowest BCUT2D eigenvalue weighted by Gasteiger charge is -2.30. The first kappa shape index (κ1) is 19.3. The molecule has 0 saturated carbocycles. The molecule has 0 aromatic carbocycles. The van der Waals surface area contributed by atoms with Crippen LogP contribution in [0, 0.1) is 11.8 Å². The molecule has 0 bridgehead atoms. The highest BCUT2D eigenvalue weighted by Crippen LogP contribution is 2.24. The van der Waals surface area contributed by atoms with E-state index in [0.717, 1.165) is 32.4 Å². The Morgan fingerprint density at radius 2 is 1.91 bits per heavy atom. The van der Waals surface area contributed by atoms with E-state index in [1.807, 2.05) is 25.7 Å². The summed E-state index contributed by atoms with van der Waals surface area (Å²) < 4.78 is 5.53. The maximum Gasteiger partial charge on any atom is 0.410 e. The Labute approximate surface area is 137 Å². The third-order valence-electron chi connectivity index (χ3n) is 4.56. The fourth-order valence-electron chi connectivity index (χ4n) is 2.76. The molecule has 1 aliphatic heterocycles. The Bertz CT molecular complexity index is 349. The van der Waals surface area contributed by atoms with Gasteiger partial charge in [-0.2, -0.15) is 0 Å². The normalized spacial score (nSPS) is 22.0. The molecule has 1 aliphatic rings. The topological polar surface area (TPSA) is 41.6 Å². The summed E-state index contributed by atoms with van der Waals surface area (Å²) >= 11 is 0. The minimum absolute atomic E-state index is 0.155. The maximum absolute atomic E-state index is 12.3. The second-order valence-electron chi connectivity index (χ2n) is 8.24. The van der Waals surface area contributed by atoms with E-state index in [2.05, 4.69) is 33.0 Å². The number of nitrogens with one attached hydrogen (secondary N) is 1. The minimum atomic E-state index is -0.416. The lowest BCUT2D eigenvalue weighted by molar-refractivity contribution is 0.0214. The molecule has 0 aromatic heterocycles. The van der Waals surface area contributed by atoms with Crippen LogP contribution >= 0.6 is 0 Å². The van der Waals surface area contributed by atoms with Gasteiger partial charge in [0.1, 0.15) is 5.60 Å². The largest absolute Gasteiger partial charge is 0.444 e. The van der Waals surface area contributed by atoms with Gasteiger partial charge in [0.2, 0.25) is 0 Å². The Balaban J connectivity index is 2.44. The fraction of sp³-hybridized carbons (Fsp3) is 0.944. The molecule has 0 radical (unpaired) electrons. The first-order chi connectivity index (χ1) is 10.1. The number of hydrogen-bond donors (Lipinski definition) is 1. The smallest absolute Gasteiger partial charge is 0.410 e. The minimum Gasteiger partial charge on any atom is -0.444 e. The Morgan fingerprint density at radius 1 is 1.27 bits per heavy atom. The second kappa shape index (κ2) is 8.19. The molecule has 1 saturated heterocycles. The molecule has 3 unspecified atom stereocenters. The molecule has 3 atom stereocenters. The number of hydrogen-bond acceptors (Lipinski definition) is 3. The van der Waals surface area contributed by atoms with Crippen LogP contribution in [-0.4, -0.2) is 41.8 Å². The zero-order valence-corrected chi connectivity index (χ0v) is 15.6. The number of likely N-dealkylation sites (tertiary alicyclic amines) is 1. The van der Waals surface area contributed by atoms with Crippen molar-refractivity contribution >= 4 is 6.09 Å². The molecule has 4 nitrogen and oxygen atoms in total. The van der Waals surface area contributed by atoms with Gasteiger partial charge in [-0.3, -0.25) is 0 Å². The van der Waals surface area contributed by atoms with Crippen molar-refractivity contribution in [1.29, 1.82) is 0 Å². The number of carbonyl (C=O) groups excluding carboxylic acids is 1. The summed E-state index contributed by atoms with van der Waals surface area (Å²) in [6, 6.07) is 0.737. The lowest BCUT2D eigenvalue weighted by atomic mass is 9.97. The van der Waals surface area contributed by atoms with Gasteiger partial charge in [-0.1, -0.05) is 20.8 Å². The van der Waals surface area contributed by atoms with Gasteiger partial charge in [0.05, 0.1) is 0 Å². The van der Waals surface area contributed by atoms with Gasteiger partial charge in [0.15, 0.2) is 0 Å². The van der Waals surface area contributed by atoms with Crippen molar-refractivity contribution in [2.75, 3.05) is 13.1 Å². The summed E-state index contributed by atoms with van der Waals surface area (Å²) in [7, 11) is 0. The average Bonchev–Trinajstić information content (AvgIpc) is 2.81. The van der Waals surface area contributed by atoms with Crippen LogP contribution in [0.25, 0.3) is 0 Å². The Hall–Kier alpha value is -0.770. The summed E-state index contributed by atoms with van der Waals surface area (Å²) in [6.45, 7) is 16.7. The van der Waals surface area contributed by atoms with E-state index in [1.54, 1.807) is 0 Å². The number of amides is 1. The van der Waals surface area contributed by atoms with Crippen molar-refractivity contribution in [2.45, 2.75) is 85.4 Å². The number of ether oxygens (including phenoxy) is 1. The van der Waals surface area contributed by atoms with Gasteiger partial charge >= 0.3 is 6.09 Å². The van der Waals surface area contributed by atoms with Crippen molar-refractivity contribution in [1.82, 2.24) is 10.2 Å². The van der Waals surface area contributed by atoms with Crippen LogP contribution in [0.15, 0.2) is 0 Å². The molecule has 0 aliphatic carbocycles. The van der Waals surface area contributed by atoms with Gasteiger partial charge in [-0.15, -0.1) is 0 Å². The van der Waals surface area contributed by atoms with Crippen LogP contribution in [0.3, 0.4) is 0 Å². The van der Waals surface area contributed by atoms with Crippen molar-refractivity contribution in [2.24, 2.45) is 11.8 Å². The van der Waals surface area contributed by atoms with Crippen LogP contribution in [0.5, 0.6) is 0 Å². The maximum atomic E-state index is 12.3. The predicted molar refractivity (Wildman–Crippen MR) is 92.0 cm³/mol. The van der Waals surface area contributed by atoms with Gasteiger partial charge < -0.3 is 15.0 Å². The van der Waals surface area contributed by atoms with E-state index < -0.39 is 5.60 Å². The third-order valence-corrected chi connectivity index (χ3v) is 4.56. The second-order valence-corrected chi connectivity index (χ2v) is 8.24. The molecule has 1 fully saturated rings. The number of carbonyl (C=O) groups is 1. The molecular weight excluding hydrogens is 276 g/mol. The molecular formula is C18H36N2O2. The van der Waals surface area contributed by atoms with E-state index in [-0.39, 0.29) is 6.09 Å². The summed E-state index contributed by atoms with van der Waals surface area (Å²) in [5.74, 6) is 1.37. The van der Waals surface area contributed by atoms with Crippen molar-refractivity contribution < 1.29 is 9.53 Å². The third kappa shape index (κ3) is 6.55. The Kier molecular flexibility index (Phi) is 7.17. The lowest BCUT2D eigenvalue weighted by Crippen LogP contribution is -2.43. The van der Waals surface area contributed by atoms with Gasteiger partial charge in [0.25, 0.3) is 0 Å². The van der Waals surface area contributed by atoms with E-state index in [4.69, 9.17) is 4.74 Å². The first-order valence-electron chi connectivity index (χ1n) is 8.83. The highest BCUT2D eigenvalue weighted by molar-refractivity contribution is 5.68. The Morgan fingerprint density at radius 3 is 2.45 bits per heavy atom. The van der Waals surface area contributed by atoms with Crippen molar-refractivity contribution in [3.8, 4) is 0 Å². The molecule has 4 heteroatoms. The van der Waals surface area contributed by atoms with E-state index in [0.29, 0.717) is 23.9 Å². The summed E-state index contributed by atoms with van der Waals surface area (Å²) in [4.78, 5) is 14.2. The van der Waals surface area contributed by atoms with Crippen LogP contribution in [0.2, 0.25) is 0 Å². The quantitative estimate of drug-likeness (QED) is 0.804. The van der Waals surface area contributed by atoms with E-state index in [9.17, 15) is 4.79 Å². The highest BCUT2D eigenvalue weighted by atomic mass is 16.6. The van der Waals surface area contributed by atoms with Crippen LogP contribution in [-0.2, 0) is 4.74 Å².